The highest BCUT2D eigenvalue weighted by Crippen LogP contribution is 2.13. The van der Waals surface area contributed by atoms with Gasteiger partial charge in [0.1, 0.15) is 0 Å². The SMILES string of the molecule is C=NN/C=C1/C=C(C)C=CC1. The second-order valence-corrected chi connectivity index (χ2v) is 2.50. The fourth-order valence-corrected chi connectivity index (χ4v) is 1.01. The molecule has 11 heavy (non-hydrogen) atoms. The Bertz CT molecular complexity index is 234. The Labute approximate surface area is 67.0 Å². The minimum atomic E-state index is 0.972. The van der Waals surface area contributed by atoms with Crippen LogP contribution in [0, 0.1) is 0 Å². The predicted molar refractivity (Wildman–Crippen MR) is 48.3 cm³/mol. The van der Waals surface area contributed by atoms with E-state index in [4.69, 9.17) is 0 Å². The molecule has 0 saturated heterocycles. The van der Waals surface area contributed by atoms with E-state index in [-0.39, 0.29) is 0 Å². The van der Waals surface area contributed by atoms with Crippen molar-refractivity contribution in [3.8, 4) is 0 Å². The highest BCUT2D eigenvalue weighted by Gasteiger charge is 1.95. The lowest BCUT2D eigenvalue weighted by Gasteiger charge is -2.04. The fourth-order valence-electron chi connectivity index (χ4n) is 1.01. The molecule has 0 atom stereocenters. The van der Waals surface area contributed by atoms with E-state index in [0.717, 1.165) is 6.42 Å². The highest BCUT2D eigenvalue weighted by molar-refractivity contribution is 5.35. The first-order valence-electron chi connectivity index (χ1n) is 3.58. The van der Waals surface area contributed by atoms with Gasteiger partial charge in [0, 0.05) is 12.9 Å². The molecule has 0 bridgehead atoms. The molecule has 2 nitrogen and oxygen atoms in total. The average Bonchev–Trinajstić information content (AvgIpc) is 2.01. The zero-order valence-corrected chi connectivity index (χ0v) is 6.67. The summed E-state index contributed by atoms with van der Waals surface area (Å²) in [5, 5.41) is 3.53. The van der Waals surface area contributed by atoms with Crippen LogP contribution < -0.4 is 5.43 Å². The molecular formula is C9H12N2. The van der Waals surface area contributed by atoms with Crippen molar-refractivity contribution in [2.24, 2.45) is 5.10 Å². The molecule has 0 unspecified atom stereocenters. The molecule has 0 amide bonds. The number of rotatable bonds is 2. The normalized spacial score (nSPS) is 19.7. The van der Waals surface area contributed by atoms with Crippen LogP contribution in [0.15, 0.2) is 40.7 Å². The van der Waals surface area contributed by atoms with Crippen LogP contribution in [0.3, 0.4) is 0 Å². The third-order valence-corrected chi connectivity index (χ3v) is 1.49. The van der Waals surface area contributed by atoms with Crippen LogP contribution in [-0.2, 0) is 0 Å². The van der Waals surface area contributed by atoms with E-state index in [2.05, 4.69) is 42.4 Å². The molecule has 1 aliphatic carbocycles. The molecule has 1 N–H and O–H groups in total. The van der Waals surface area contributed by atoms with Gasteiger partial charge in [-0.15, -0.1) is 0 Å². The number of nitrogens with one attached hydrogen (secondary N) is 1. The van der Waals surface area contributed by atoms with Gasteiger partial charge in [-0.1, -0.05) is 23.8 Å². The summed E-state index contributed by atoms with van der Waals surface area (Å²) in [4.78, 5) is 0. The van der Waals surface area contributed by atoms with Gasteiger partial charge >= 0.3 is 0 Å². The minimum Gasteiger partial charge on any atom is -0.286 e. The van der Waals surface area contributed by atoms with Gasteiger partial charge in [0.15, 0.2) is 0 Å². The molecule has 0 aliphatic heterocycles. The molecule has 0 aromatic rings. The molecule has 0 saturated carbocycles. The molecule has 0 heterocycles. The van der Waals surface area contributed by atoms with Gasteiger partial charge in [0.2, 0.25) is 0 Å². The monoisotopic (exact) mass is 148 g/mol. The molecule has 0 fully saturated rings. The summed E-state index contributed by atoms with van der Waals surface area (Å²) >= 11 is 0. The Morgan fingerprint density at radius 3 is 3.18 bits per heavy atom. The fraction of sp³-hybridized carbons (Fsp3) is 0.222. The Hall–Kier alpha value is -1.31. The van der Waals surface area contributed by atoms with Gasteiger partial charge in [-0.2, -0.15) is 5.10 Å². The van der Waals surface area contributed by atoms with Crippen LogP contribution in [0.4, 0.5) is 0 Å². The smallest absolute Gasteiger partial charge is 0.0235 e. The summed E-state index contributed by atoms with van der Waals surface area (Å²) in [6, 6.07) is 0. The quantitative estimate of drug-likeness (QED) is 0.470. The Morgan fingerprint density at radius 1 is 1.73 bits per heavy atom. The van der Waals surface area contributed by atoms with Crippen molar-refractivity contribution in [1.29, 1.82) is 0 Å². The van der Waals surface area contributed by atoms with E-state index in [1.54, 1.807) is 0 Å². The molecule has 0 radical (unpaired) electrons. The van der Waals surface area contributed by atoms with Gasteiger partial charge in [-0.25, -0.2) is 0 Å². The van der Waals surface area contributed by atoms with Crippen LogP contribution in [0.5, 0.6) is 0 Å². The summed E-state index contributed by atoms with van der Waals surface area (Å²) in [6.07, 6.45) is 9.20. The average molecular weight is 148 g/mol. The van der Waals surface area contributed by atoms with Crippen LogP contribution in [0.2, 0.25) is 0 Å². The van der Waals surface area contributed by atoms with Crippen LogP contribution in [0.1, 0.15) is 13.3 Å². The molecule has 1 aliphatic rings. The van der Waals surface area contributed by atoms with Gasteiger partial charge in [-0.3, -0.25) is 5.43 Å². The standard InChI is InChI=1S/C9H12N2/c1-8-4-3-5-9(6-8)7-11-10-2/h3-4,6-7,11H,2,5H2,1H3/b9-7+. The zero-order chi connectivity index (χ0) is 8.10. The van der Waals surface area contributed by atoms with E-state index in [0.29, 0.717) is 0 Å². The largest absolute Gasteiger partial charge is 0.286 e. The molecule has 0 aromatic carbocycles. The van der Waals surface area contributed by atoms with Crippen molar-refractivity contribution in [3.05, 3.63) is 35.6 Å². The number of hydrogen-bond acceptors (Lipinski definition) is 2. The number of hydrazone groups is 1. The molecule has 2 heteroatoms. The third-order valence-electron chi connectivity index (χ3n) is 1.49. The van der Waals surface area contributed by atoms with Crippen LogP contribution in [0.25, 0.3) is 0 Å². The Morgan fingerprint density at radius 2 is 2.55 bits per heavy atom. The van der Waals surface area contributed by atoms with Gasteiger partial charge in [0.25, 0.3) is 0 Å². The second-order valence-electron chi connectivity index (χ2n) is 2.50. The number of nitrogens with zero attached hydrogens (tertiary/aromatic N) is 1. The third kappa shape index (κ3) is 2.42. The van der Waals surface area contributed by atoms with E-state index in [1.165, 1.54) is 11.1 Å². The van der Waals surface area contributed by atoms with Crippen LogP contribution >= 0.6 is 0 Å². The zero-order valence-electron chi connectivity index (χ0n) is 6.67. The molecule has 0 aromatic heterocycles. The van der Waals surface area contributed by atoms with Gasteiger partial charge < -0.3 is 0 Å². The van der Waals surface area contributed by atoms with Crippen molar-refractivity contribution < 1.29 is 0 Å². The topological polar surface area (TPSA) is 24.4 Å². The second kappa shape index (κ2) is 3.76. The summed E-state index contributed by atoms with van der Waals surface area (Å²) in [5.41, 5.74) is 5.22. The van der Waals surface area contributed by atoms with Crippen molar-refractivity contribution in [2.75, 3.05) is 0 Å². The highest BCUT2D eigenvalue weighted by atomic mass is 15.3. The lowest BCUT2D eigenvalue weighted by Crippen LogP contribution is -1.95. The van der Waals surface area contributed by atoms with Crippen molar-refractivity contribution >= 4 is 6.72 Å². The maximum Gasteiger partial charge on any atom is 0.0235 e. The maximum absolute atomic E-state index is 3.53. The van der Waals surface area contributed by atoms with Crippen molar-refractivity contribution in [2.45, 2.75) is 13.3 Å². The Balaban J connectivity index is 2.62. The van der Waals surface area contributed by atoms with E-state index >= 15 is 0 Å². The van der Waals surface area contributed by atoms with Crippen molar-refractivity contribution in [3.63, 3.8) is 0 Å². The maximum atomic E-state index is 3.53. The number of allylic oxidation sites excluding steroid dienone is 5. The van der Waals surface area contributed by atoms with E-state index in [1.807, 2.05) is 6.20 Å². The summed E-state index contributed by atoms with van der Waals surface area (Å²) in [6.45, 7) is 5.39. The summed E-state index contributed by atoms with van der Waals surface area (Å²) in [7, 11) is 0. The Kier molecular flexibility index (Phi) is 2.66. The number of hydrogen-bond donors (Lipinski definition) is 1. The molecular weight excluding hydrogens is 136 g/mol. The first-order valence-corrected chi connectivity index (χ1v) is 3.58. The predicted octanol–water partition coefficient (Wildman–Crippen LogP) is 1.98. The molecule has 1 rings (SSSR count). The minimum absolute atomic E-state index is 0.972. The van der Waals surface area contributed by atoms with Crippen molar-refractivity contribution in [1.82, 2.24) is 5.43 Å². The van der Waals surface area contributed by atoms with E-state index < -0.39 is 0 Å². The molecule has 0 spiro atoms. The molecule has 58 valence electrons. The van der Waals surface area contributed by atoms with Gasteiger partial charge in [-0.05, 0) is 18.9 Å². The summed E-state index contributed by atoms with van der Waals surface area (Å²) in [5.74, 6) is 0. The first-order chi connectivity index (χ1) is 5.33. The van der Waals surface area contributed by atoms with E-state index in [9.17, 15) is 0 Å². The first kappa shape index (κ1) is 7.79. The lowest BCUT2D eigenvalue weighted by atomic mass is 10.0. The summed E-state index contributed by atoms with van der Waals surface area (Å²) < 4.78 is 0. The lowest BCUT2D eigenvalue weighted by molar-refractivity contribution is 0.959. The van der Waals surface area contributed by atoms with Gasteiger partial charge in [0.05, 0.1) is 0 Å². The van der Waals surface area contributed by atoms with Crippen LogP contribution in [-0.4, -0.2) is 6.72 Å².